The minimum atomic E-state index is 1.26. The predicted octanol–water partition coefficient (Wildman–Crippen LogP) is 9.45. The smallest absolute Gasteiger partial charge is 0.0280 e. The van der Waals surface area contributed by atoms with Crippen LogP contribution in [-0.2, 0) is 0 Å². The van der Waals surface area contributed by atoms with E-state index >= 15 is 0 Å². The molecule has 0 aliphatic carbocycles. The van der Waals surface area contributed by atoms with E-state index in [-0.39, 0.29) is 0 Å². The summed E-state index contributed by atoms with van der Waals surface area (Å²) in [5, 5.41) is 7.80. The largest absolute Gasteiger partial charge is 0.0888 e. The van der Waals surface area contributed by atoms with Gasteiger partial charge in [-0.1, -0.05) is 108 Å². The molecule has 0 atom stereocenters. The van der Waals surface area contributed by atoms with Crippen LogP contribution in [0.1, 0.15) is 0 Å². The lowest BCUT2D eigenvalue weighted by Gasteiger charge is -2.17. The second-order valence-electron chi connectivity index (χ2n) is 7.78. The molecule has 0 nitrogen and oxygen atoms in total. The minimum Gasteiger partial charge on any atom is -0.0888 e. The van der Waals surface area contributed by atoms with Crippen LogP contribution in [0.25, 0.3) is 32.3 Å². The van der Waals surface area contributed by atoms with E-state index in [4.69, 9.17) is 0 Å². The molecule has 0 bridgehead atoms. The lowest BCUT2D eigenvalue weighted by Crippen LogP contribution is -1.89. The van der Waals surface area contributed by atoms with Gasteiger partial charge in [0.25, 0.3) is 0 Å². The summed E-state index contributed by atoms with van der Waals surface area (Å²) < 4.78 is 0. The molecule has 6 aromatic carbocycles. The van der Waals surface area contributed by atoms with Crippen molar-refractivity contribution < 1.29 is 0 Å². The molecule has 0 fully saturated rings. The molecule has 32 heavy (non-hydrogen) atoms. The van der Waals surface area contributed by atoms with Gasteiger partial charge in [-0.05, 0) is 68.7 Å². The van der Waals surface area contributed by atoms with Crippen molar-refractivity contribution in [2.24, 2.45) is 0 Å². The van der Waals surface area contributed by atoms with Crippen molar-refractivity contribution >= 4 is 55.8 Å². The number of rotatable bonds is 4. The molecule has 0 aliphatic heterocycles. The third kappa shape index (κ3) is 3.56. The second kappa shape index (κ2) is 8.38. The Morgan fingerprint density at radius 1 is 0.344 bits per heavy atom. The number of hydrogen-bond acceptors (Lipinski definition) is 2. The van der Waals surface area contributed by atoms with Crippen molar-refractivity contribution in [2.75, 3.05) is 0 Å². The van der Waals surface area contributed by atoms with E-state index in [9.17, 15) is 0 Å². The SMILES string of the molecule is c1ccc(Sc2c3ccccc3c(Sc3ccccc3)c3cc4ccccc4cc23)cc1. The molecule has 152 valence electrons. The third-order valence-corrected chi connectivity index (χ3v) is 8.02. The second-order valence-corrected chi connectivity index (χ2v) is 9.95. The molecule has 0 aromatic heterocycles. The van der Waals surface area contributed by atoms with Crippen LogP contribution in [-0.4, -0.2) is 0 Å². The van der Waals surface area contributed by atoms with Gasteiger partial charge in [-0.15, -0.1) is 0 Å². The lowest BCUT2D eigenvalue weighted by molar-refractivity contribution is 1.43. The maximum absolute atomic E-state index is 2.37. The molecule has 0 saturated heterocycles. The van der Waals surface area contributed by atoms with Crippen LogP contribution in [0.4, 0.5) is 0 Å². The van der Waals surface area contributed by atoms with E-state index in [1.54, 1.807) is 0 Å². The Hall–Kier alpha value is -3.20. The molecule has 0 amide bonds. The molecular weight excluding hydrogens is 424 g/mol. The van der Waals surface area contributed by atoms with E-state index in [1.807, 2.05) is 23.5 Å². The topological polar surface area (TPSA) is 0 Å². The van der Waals surface area contributed by atoms with Gasteiger partial charge in [-0.25, -0.2) is 0 Å². The summed E-state index contributed by atoms with van der Waals surface area (Å²) in [6.07, 6.45) is 0. The highest BCUT2D eigenvalue weighted by Crippen LogP contribution is 2.47. The van der Waals surface area contributed by atoms with Gasteiger partial charge in [-0.3, -0.25) is 0 Å². The van der Waals surface area contributed by atoms with Gasteiger partial charge in [0.15, 0.2) is 0 Å². The van der Waals surface area contributed by atoms with Crippen LogP contribution in [0.2, 0.25) is 0 Å². The fourth-order valence-corrected chi connectivity index (χ4v) is 6.41. The molecule has 0 radical (unpaired) electrons. The molecule has 2 heteroatoms. The molecule has 6 rings (SSSR count). The molecular formula is C30H20S2. The zero-order valence-electron chi connectivity index (χ0n) is 17.4. The van der Waals surface area contributed by atoms with E-state index in [1.165, 1.54) is 51.9 Å². The number of benzene rings is 6. The van der Waals surface area contributed by atoms with E-state index < -0.39 is 0 Å². The van der Waals surface area contributed by atoms with Crippen LogP contribution in [0.15, 0.2) is 141 Å². The summed E-state index contributed by atoms with van der Waals surface area (Å²) in [6, 6.07) is 43.6. The molecule has 0 heterocycles. The predicted molar refractivity (Wildman–Crippen MR) is 140 cm³/mol. The summed E-state index contributed by atoms with van der Waals surface area (Å²) in [6.45, 7) is 0. The standard InChI is InChI=1S/C30H20S2/c1-3-13-23(14-4-1)31-29-25-17-9-10-18-26(25)30(32-24-15-5-2-6-16-24)28-20-22-12-8-7-11-21(22)19-27(28)29/h1-20H. The average molecular weight is 445 g/mol. The quantitative estimate of drug-likeness (QED) is 0.248. The van der Waals surface area contributed by atoms with Gasteiger partial charge in [0.1, 0.15) is 0 Å². The van der Waals surface area contributed by atoms with Crippen molar-refractivity contribution in [3.8, 4) is 0 Å². The Bertz CT molecular complexity index is 1440. The highest BCUT2D eigenvalue weighted by atomic mass is 32.2. The normalized spacial score (nSPS) is 11.4. The Labute approximate surface area is 196 Å². The van der Waals surface area contributed by atoms with Crippen LogP contribution in [0.3, 0.4) is 0 Å². The maximum atomic E-state index is 2.37. The van der Waals surface area contributed by atoms with E-state index in [2.05, 4.69) is 121 Å². The van der Waals surface area contributed by atoms with Crippen LogP contribution >= 0.6 is 23.5 Å². The number of hydrogen-bond donors (Lipinski definition) is 0. The summed E-state index contributed by atoms with van der Waals surface area (Å²) in [4.78, 5) is 5.17. The zero-order valence-corrected chi connectivity index (χ0v) is 19.0. The first-order chi connectivity index (χ1) is 15.9. The Kier molecular flexibility index (Phi) is 5.10. The summed E-state index contributed by atoms with van der Waals surface area (Å²) in [5.74, 6) is 0. The minimum absolute atomic E-state index is 1.26. The van der Waals surface area contributed by atoms with Gasteiger partial charge < -0.3 is 0 Å². The fourth-order valence-electron chi connectivity index (χ4n) is 4.22. The van der Waals surface area contributed by atoms with Crippen molar-refractivity contribution in [2.45, 2.75) is 19.6 Å². The van der Waals surface area contributed by atoms with Gasteiger partial charge in [0.2, 0.25) is 0 Å². The van der Waals surface area contributed by atoms with Crippen molar-refractivity contribution in [1.29, 1.82) is 0 Å². The van der Waals surface area contributed by atoms with Crippen LogP contribution in [0.5, 0.6) is 0 Å². The monoisotopic (exact) mass is 444 g/mol. The van der Waals surface area contributed by atoms with Crippen LogP contribution in [0, 0.1) is 0 Å². The van der Waals surface area contributed by atoms with Gasteiger partial charge in [0.05, 0.1) is 0 Å². The molecule has 0 saturated carbocycles. The van der Waals surface area contributed by atoms with Crippen molar-refractivity contribution in [1.82, 2.24) is 0 Å². The van der Waals surface area contributed by atoms with E-state index in [0.29, 0.717) is 0 Å². The van der Waals surface area contributed by atoms with Crippen molar-refractivity contribution in [3.05, 3.63) is 121 Å². The lowest BCUT2D eigenvalue weighted by atomic mass is 9.99. The highest BCUT2D eigenvalue weighted by molar-refractivity contribution is 8.00. The first-order valence-electron chi connectivity index (χ1n) is 10.7. The Morgan fingerprint density at radius 3 is 1.16 bits per heavy atom. The van der Waals surface area contributed by atoms with Crippen molar-refractivity contribution in [3.63, 3.8) is 0 Å². The van der Waals surface area contributed by atoms with Gasteiger partial charge in [0, 0.05) is 19.6 Å². The summed E-state index contributed by atoms with van der Waals surface area (Å²) in [7, 11) is 0. The number of fused-ring (bicyclic) bond motifs is 3. The molecule has 6 aromatic rings. The average Bonchev–Trinajstić information content (AvgIpc) is 2.86. The third-order valence-electron chi connectivity index (χ3n) is 5.72. The maximum Gasteiger partial charge on any atom is 0.0280 e. The molecule has 0 spiro atoms. The first-order valence-corrected chi connectivity index (χ1v) is 12.3. The van der Waals surface area contributed by atoms with Gasteiger partial charge in [-0.2, -0.15) is 0 Å². The Balaban J connectivity index is 1.71. The molecule has 0 N–H and O–H groups in total. The summed E-state index contributed by atoms with van der Waals surface area (Å²) >= 11 is 3.72. The first kappa shape index (κ1) is 19.5. The Morgan fingerprint density at radius 2 is 0.719 bits per heavy atom. The fraction of sp³-hybridized carbons (Fsp3) is 0. The molecule has 0 unspecified atom stereocenters. The van der Waals surface area contributed by atoms with Gasteiger partial charge >= 0.3 is 0 Å². The summed E-state index contributed by atoms with van der Waals surface area (Å²) in [5.41, 5.74) is 0. The van der Waals surface area contributed by atoms with E-state index in [0.717, 1.165) is 0 Å². The van der Waals surface area contributed by atoms with Crippen LogP contribution < -0.4 is 0 Å². The zero-order chi connectivity index (χ0) is 21.3. The highest BCUT2D eigenvalue weighted by Gasteiger charge is 2.16. The molecule has 0 aliphatic rings.